The second kappa shape index (κ2) is 3.82. The van der Waals surface area contributed by atoms with Crippen molar-refractivity contribution in [2.24, 2.45) is 0 Å². The molecule has 1 saturated heterocycles. The van der Waals surface area contributed by atoms with Crippen molar-refractivity contribution in [3.8, 4) is 0 Å². The molecule has 0 bridgehead atoms. The zero-order chi connectivity index (χ0) is 11.9. The van der Waals surface area contributed by atoms with Crippen LogP contribution in [-0.2, 0) is 17.8 Å². The summed E-state index contributed by atoms with van der Waals surface area (Å²) in [4.78, 5) is 13.5. The molecule has 4 heteroatoms. The van der Waals surface area contributed by atoms with Gasteiger partial charge in [0, 0.05) is 26.2 Å². The Hall–Kier alpha value is -1.39. The zero-order valence-electron chi connectivity index (χ0n) is 9.65. The Morgan fingerprint density at radius 3 is 2.59 bits per heavy atom. The summed E-state index contributed by atoms with van der Waals surface area (Å²) >= 11 is 0. The SMILES string of the molecule is O=C(O)C1(N2CCc3ccccc3C2)CNC1. The molecule has 3 rings (SSSR count). The van der Waals surface area contributed by atoms with Crippen molar-refractivity contribution in [3.63, 3.8) is 0 Å². The largest absolute Gasteiger partial charge is 0.480 e. The molecule has 2 heterocycles. The molecule has 17 heavy (non-hydrogen) atoms. The first-order valence-electron chi connectivity index (χ1n) is 5.98. The Bertz CT molecular complexity index is 454. The Kier molecular flexibility index (Phi) is 2.42. The summed E-state index contributed by atoms with van der Waals surface area (Å²) < 4.78 is 0. The number of rotatable bonds is 2. The van der Waals surface area contributed by atoms with Crippen LogP contribution < -0.4 is 5.32 Å². The monoisotopic (exact) mass is 232 g/mol. The fourth-order valence-electron chi connectivity index (χ4n) is 2.73. The lowest BCUT2D eigenvalue weighted by Gasteiger charge is -2.48. The van der Waals surface area contributed by atoms with Crippen molar-refractivity contribution in [1.82, 2.24) is 10.2 Å². The van der Waals surface area contributed by atoms with Gasteiger partial charge in [-0.1, -0.05) is 24.3 Å². The summed E-state index contributed by atoms with van der Waals surface area (Å²) in [7, 11) is 0. The predicted molar refractivity (Wildman–Crippen MR) is 63.8 cm³/mol. The number of aliphatic carboxylic acids is 1. The van der Waals surface area contributed by atoms with Crippen molar-refractivity contribution >= 4 is 5.97 Å². The first kappa shape index (κ1) is 10.7. The van der Waals surface area contributed by atoms with Crippen LogP contribution >= 0.6 is 0 Å². The van der Waals surface area contributed by atoms with E-state index >= 15 is 0 Å². The average Bonchev–Trinajstić information content (AvgIpc) is 2.27. The van der Waals surface area contributed by atoms with Crippen LogP contribution in [0, 0.1) is 0 Å². The topological polar surface area (TPSA) is 52.6 Å². The third-order valence-electron chi connectivity index (χ3n) is 3.97. The lowest BCUT2D eigenvalue weighted by molar-refractivity contribution is -0.156. The lowest BCUT2D eigenvalue weighted by Crippen LogP contribution is -2.73. The Morgan fingerprint density at radius 2 is 2.00 bits per heavy atom. The van der Waals surface area contributed by atoms with E-state index in [4.69, 9.17) is 0 Å². The molecule has 1 fully saturated rings. The van der Waals surface area contributed by atoms with Gasteiger partial charge in [-0.2, -0.15) is 0 Å². The van der Waals surface area contributed by atoms with Gasteiger partial charge in [-0.3, -0.25) is 9.69 Å². The smallest absolute Gasteiger partial charge is 0.326 e. The van der Waals surface area contributed by atoms with Gasteiger partial charge in [0.25, 0.3) is 0 Å². The van der Waals surface area contributed by atoms with E-state index in [0.29, 0.717) is 13.1 Å². The average molecular weight is 232 g/mol. The molecule has 2 aliphatic heterocycles. The van der Waals surface area contributed by atoms with E-state index in [1.807, 2.05) is 12.1 Å². The highest BCUT2D eigenvalue weighted by Crippen LogP contribution is 2.28. The number of benzene rings is 1. The van der Waals surface area contributed by atoms with E-state index in [1.165, 1.54) is 11.1 Å². The second-order valence-electron chi connectivity index (χ2n) is 4.88. The maximum absolute atomic E-state index is 11.4. The van der Waals surface area contributed by atoms with Gasteiger partial charge in [-0.25, -0.2) is 0 Å². The molecule has 0 atom stereocenters. The molecule has 1 aromatic rings. The number of nitrogens with zero attached hydrogens (tertiary/aromatic N) is 1. The molecule has 0 saturated carbocycles. The normalized spacial score (nSPS) is 22.6. The molecular weight excluding hydrogens is 216 g/mol. The van der Waals surface area contributed by atoms with E-state index < -0.39 is 11.5 Å². The predicted octanol–water partition coefficient (Wildman–Crippen LogP) is 0.471. The Labute approximate surface area is 100 Å². The minimum Gasteiger partial charge on any atom is -0.480 e. The minimum atomic E-state index is -0.698. The summed E-state index contributed by atoms with van der Waals surface area (Å²) in [5.74, 6) is -0.698. The van der Waals surface area contributed by atoms with Crippen LogP contribution in [-0.4, -0.2) is 41.1 Å². The summed E-state index contributed by atoms with van der Waals surface area (Å²) in [6, 6.07) is 8.31. The number of carbonyl (C=O) groups is 1. The summed E-state index contributed by atoms with van der Waals surface area (Å²) in [6.45, 7) is 2.71. The highest BCUT2D eigenvalue weighted by atomic mass is 16.4. The first-order chi connectivity index (χ1) is 8.22. The van der Waals surface area contributed by atoms with Gasteiger partial charge < -0.3 is 10.4 Å². The third kappa shape index (κ3) is 1.56. The van der Waals surface area contributed by atoms with Crippen LogP contribution in [0.5, 0.6) is 0 Å². The third-order valence-corrected chi connectivity index (χ3v) is 3.97. The number of hydrogen-bond acceptors (Lipinski definition) is 3. The van der Waals surface area contributed by atoms with E-state index in [0.717, 1.165) is 19.5 Å². The molecule has 2 N–H and O–H groups in total. The molecule has 4 nitrogen and oxygen atoms in total. The van der Waals surface area contributed by atoms with E-state index in [2.05, 4.69) is 22.3 Å². The van der Waals surface area contributed by atoms with Crippen LogP contribution in [0.15, 0.2) is 24.3 Å². The van der Waals surface area contributed by atoms with Gasteiger partial charge in [0.2, 0.25) is 0 Å². The maximum Gasteiger partial charge on any atom is 0.326 e. The molecule has 90 valence electrons. The molecule has 0 spiro atoms. The summed E-state index contributed by atoms with van der Waals surface area (Å²) in [6.07, 6.45) is 0.950. The maximum atomic E-state index is 11.4. The molecular formula is C13H16N2O2. The van der Waals surface area contributed by atoms with Gasteiger partial charge in [-0.05, 0) is 17.5 Å². The molecule has 1 aromatic carbocycles. The van der Waals surface area contributed by atoms with Crippen LogP contribution in [0.2, 0.25) is 0 Å². The van der Waals surface area contributed by atoms with E-state index in [1.54, 1.807) is 0 Å². The van der Waals surface area contributed by atoms with Gasteiger partial charge in [0.05, 0.1) is 0 Å². The van der Waals surface area contributed by atoms with Gasteiger partial charge in [0.1, 0.15) is 5.54 Å². The zero-order valence-corrected chi connectivity index (χ0v) is 9.65. The molecule has 0 aliphatic carbocycles. The minimum absolute atomic E-state index is 0.560. The Morgan fingerprint density at radius 1 is 1.29 bits per heavy atom. The van der Waals surface area contributed by atoms with Crippen LogP contribution in [0.25, 0.3) is 0 Å². The van der Waals surface area contributed by atoms with Crippen LogP contribution in [0.3, 0.4) is 0 Å². The van der Waals surface area contributed by atoms with Crippen molar-refractivity contribution < 1.29 is 9.90 Å². The highest BCUT2D eigenvalue weighted by molar-refractivity contribution is 5.81. The fourth-order valence-corrected chi connectivity index (χ4v) is 2.73. The quantitative estimate of drug-likeness (QED) is 0.778. The van der Waals surface area contributed by atoms with E-state index in [9.17, 15) is 9.90 Å². The number of carboxylic acid groups (broad SMARTS) is 1. The Balaban J connectivity index is 1.86. The van der Waals surface area contributed by atoms with Crippen molar-refractivity contribution in [1.29, 1.82) is 0 Å². The number of fused-ring (bicyclic) bond motifs is 1. The fraction of sp³-hybridized carbons (Fsp3) is 0.462. The van der Waals surface area contributed by atoms with Crippen molar-refractivity contribution in [2.45, 2.75) is 18.5 Å². The molecule has 0 unspecified atom stereocenters. The van der Waals surface area contributed by atoms with Crippen molar-refractivity contribution in [2.75, 3.05) is 19.6 Å². The number of carboxylic acids is 1. The molecule has 2 aliphatic rings. The standard InChI is InChI=1S/C13H16N2O2/c16-12(17)13(8-14-9-13)15-6-5-10-3-1-2-4-11(10)7-15/h1-4,14H,5-9H2,(H,16,17). The first-order valence-corrected chi connectivity index (χ1v) is 5.98. The summed E-state index contributed by atoms with van der Waals surface area (Å²) in [5, 5.41) is 12.5. The van der Waals surface area contributed by atoms with Gasteiger partial charge >= 0.3 is 5.97 Å². The molecule has 0 amide bonds. The highest BCUT2D eigenvalue weighted by Gasteiger charge is 2.50. The van der Waals surface area contributed by atoms with Gasteiger partial charge in [0.15, 0.2) is 0 Å². The van der Waals surface area contributed by atoms with Gasteiger partial charge in [-0.15, -0.1) is 0 Å². The van der Waals surface area contributed by atoms with Crippen molar-refractivity contribution in [3.05, 3.63) is 35.4 Å². The lowest BCUT2D eigenvalue weighted by atomic mass is 9.87. The van der Waals surface area contributed by atoms with E-state index in [-0.39, 0.29) is 0 Å². The molecule has 0 radical (unpaired) electrons. The second-order valence-corrected chi connectivity index (χ2v) is 4.88. The van der Waals surface area contributed by atoms with Crippen LogP contribution in [0.4, 0.5) is 0 Å². The van der Waals surface area contributed by atoms with Crippen LogP contribution in [0.1, 0.15) is 11.1 Å². The number of nitrogens with one attached hydrogen (secondary N) is 1. The summed E-state index contributed by atoms with van der Waals surface area (Å²) in [5.41, 5.74) is 1.95. The number of hydrogen-bond donors (Lipinski definition) is 2. The molecule has 0 aromatic heterocycles.